The number of hydrogen-bond donors (Lipinski definition) is 3. The molecule has 0 spiro atoms. The third kappa shape index (κ3) is 3.66. The van der Waals surface area contributed by atoms with E-state index in [0.29, 0.717) is 13.1 Å². The van der Waals surface area contributed by atoms with Gasteiger partial charge in [0.25, 0.3) is 0 Å². The third-order valence-electron chi connectivity index (χ3n) is 2.89. The van der Waals surface area contributed by atoms with Crippen LogP contribution in [0.5, 0.6) is 0 Å². The molecule has 0 unspecified atom stereocenters. The van der Waals surface area contributed by atoms with Gasteiger partial charge >= 0.3 is 5.97 Å². The number of rotatable bonds is 6. The summed E-state index contributed by atoms with van der Waals surface area (Å²) in [7, 11) is 0. The van der Waals surface area contributed by atoms with Gasteiger partial charge < -0.3 is 10.4 Å². The van der Waals surface area contributed by atoms with Gasteiger partial charge in [0.15, 0.2) is 0 Å². The van der Waals surface area contributed by atoms with Gasteiger partial charge in [0.05, 0.1) is 18.3 Å². The van der Waals surface area contributed by atoms with E-state index < -0.39 is 5.97 Å². The normalized spacial score (nSPS) is 10.6. The summed E-state index contributed by atoms with van der Waals surface area (Å²) in [6.07, 6.45) is 1.89. The van der Waals surface area contributed by atoms with Crippen LogP contribution >= 0.6 is 0 Å². The molecule has 1 aromatic heterocycles. The number of nitrogens with one attached hydrogen (secondary N) is 2. The maximum absolute atomic E-state index is 10.4. The van der Waals surface area contributed by atoms with Crippen molar-refractivity contribution in [2.75, 3.05) is 6.54 Å². The summed E-state index contributed by atoms with van der Waals surface area (Å²) in [5, 5.41) is 18.7. The second kappa shape index (κ2) is 6.15. The molecule has 1 heterocycles. The monoisotopic (exact) mass is 259 g/mol. The molecule has 1 aromatic carbocycles. The van der Waals surface area contributed by atoms with Crippen LogP contribution in [0.25, 0.3) is 11.3 Å². The molecule has 0 saturated carbocycles. The van der Waals surface area contributed by atoms with E-state index in [4.69, 9.17) is 5.11 Å². The first-order valence-corrected chi connectivity index (χ1v) is 6.18. The molecular weight excluding hydrogens is 242 g/mol. The Morgan fingerprint density at radius 2 is 2.11 bits per heavy atom. The van der Waals surface area contributed by atoms with E-state index in [1.165, 1.54) is 5.56 Å². The molecule has 5 nitrogen and oxygen atoms in total. The Morgan fingerprint density at radius 3 is 2.79 bits per heavy atom. The molecule has 3 N–H and O–H groups in total. The molecule has 2 aromatic rings. The number of carboxylic acid groups (broad SMARTS) is 1. The Hall–Kier alpha value is -2.14. The minimum atomic E-state index is -0.793. The van der Waals surface area contributed by atoms with E-state index in [-0.39, 0.29) is 6.42 Å². The summed E-state index contributed by atoms with van der Waals surface area (Å²) in [5.74, 6) is -0.793. The smallest absolute Gasteiger partial charge is 0.304 e. The van der Waals surface area contributed by atoms with E-state index in [1.54, 1.807) is 6.20 Å². The van der Waals surface area contributed by atoms with Crippen molar-refractivity contribution in [3.05, 3.63) is 41.6 Å². The second-order valence-corrected chi connectivity index (χ2v) is 4.46. The Balaban J connectivity index is 2.01. The van der Waals surface area contributed by atoms with Crippen molar-refractivity contribution >= 4 is 5.97 Å². The van der Waals surface area contributed by atoms with Gasteiger partial charge in [-0.3, -0.25) is 9.89 Å². The number of aliphatic carboxylic acids is 1. The first kappa shape index (κ1) is 13.3. The first-order chi connectivity index (χ1) is 9.16. The number of aromatic nitrogens is 2. The van der Waals surface area contributed by atoms with Crippen LogP contribution in [0.3, 0.4) is 0 Å². The van der Waals surface area contributed by atoms with Crippen molar-refractivity contribution in [1.29, 1.82) is 0 Å². The van der Waals surface area contributed by atoms with Crippen molar-refractivity contribution < 1.29 is 9.90 Å². The standard InChI is InChI=1S/C14H17N3O2/c1-10-2-4-11(5-3-10)14-12(9-16-17-14)8-15-7-6-13(18)19/h2-5,9,15H,6-8H2,1H3,(H,16,17)(H,18,19). The Bertz CT molecular complexity index is 546. The van der Waals surface area contributed by atoms with Crippen LogP contribution in [-0.2, 0) is 11.3 Å². The number of carboxylic acids is 1. The van der Waals surface area contributed by atoms with E-state index in [0.717, 1.165) is 16.8 Å². The fraction of sp³-hybridized carbons (Fsp3) is 0.286. The van der Waals surface area contributed by atoms with Crippen LogP contribution in [0.4, 0.5) is 0 Å². The number of carbonyl (C=O) groups is 1. The molecule has 0 radical (unpaired) electrons. The molecule has 0 fully saturated rings. The van der Waals surface area contributed by atoms with Gasteiger partial charge in [-0.05, 0) is 12.5 Å². The zero-order chi connectivity index (χ0) is 13.7. The zero-order valence-electron chi connectivity index (χ0n) is 10.8. The first-order valence-electron chi connectivity index (χ1n) is 6.18. The largest absolute Gasteiger partial charge is 0.481 e. The second-order valence-electron chi connectivity index (χ2n) is 4.46. The topological polar surface area (TPSA) is 78.0 Å². The van der Waals surface area contributed by atoms with Crippen LogP contribution in [0, 0.1) is 6.92 Å². The molecule has 2 rings (SSSR count). The van der Waals surface area contributed by atoms with E-state index >= 15 is 0 Å². The average molecular weight is 259 g/mol. The lowest BCUT2D eigenvalue weighted by Crippen LogP contribution is -2.17. The SMILES string of the molecule is Cc1ccc(-c2[nH]ncc2CNCCC(=O)O)cc1. The highest BCUT2D eigenvalue weighted by molar-refractivity contribution is 5.67. The molecule has 0 aliphatic heterocycles. The summed E-state index contributed by atoms with van der Waals surface area (Å²) < 4.78 is 0. The molecule has 0 atom stereocenters. The van der Waals surface area contributed by atoms with Crippen molar-refractivity contribution in [2.24, 2.45) is 0 Å². The fourth-order valence-corrected chi connectivity index (χ4v) is 1.83. The van der Waals surface area contributed by atoms with E-state index in [9.17, 15) is 4.79 Å². The molecule has 0 saturated heterocycles. The van der Waals surface area contributed by atoms with Crippen molar-refractivity contribution in [3.63, 3.8) is 0 Å². The van der Waals surface area contributed by atoms with E-state index in [1.807, 2.05) is 19.1 Å². The summed E-state index contributed by atoms with van der Waals surface area (Å²) in [4.78, 5) is 10.4. The fourth-order valence-electron chi connectivity index (χ4n) is 1.83. The van der Waals surface area contributed by atoms with Gasteiger partial charge in [-0.15, -0.1) is 0 Å². The Kier molecular flexibility index (Phi) is 4.30. The highest BCUT2D eigenvalue weighted by atomic mass is 16.4. The Labute approximate surface area is 111 Å². The van der Waals surface area contributed by atoms with Crippen LogP contribution < -0.4 is 5.32 Å². The highest BCUT2D eigenvalue weighted by Gasteiger charge is 2.07. The summed E-state index contributed by atoms with van der Waals surface area (Å²) in [6.45, 7) is 3.10. The molecule has 100 valence electrons. The number of aryl methyl sites for hydroxylation is 1. The van der Waals surface area contributed by atoms with Gasteiger partial charge in [0.2, 0.25) is 0 Å². The third-order valence-corrected chi connectivity index (χ3v) is 2.89. The van der Waals surface area contributed by atoms with Crippen LogP contribution in [0.1, 0.15) is 17.5 Å². The lowest BCUT2D eigenvalue weighted by Gasteiger charge is -2.05. The number of aromatic amines is 1. The summed E-state index contributed by atoms with van der Waals surface area (Å²) in [5.41, 5.74) is 4.31. The van der Waals surface area contributed by atoms with Crippen molar-refractivity contribution in [3.8, 4) is 11.3 Å². The molecule has 0 amide bonds. The molecule has 0 bridgehead atoms. The number of benzene rings is 1. The minimum absolute atomic E-state index is 0.123. The van der Waals surface area contributed by atoms with Crippen LogP contribution in [0.2, 0.25) is 0 Å². The summed E-state index contributed by atoms with van der Waals surface area (Å²) in [6, 6.07) is 8.20. The molecule has 5 heteroatoms. The zero-order valence-corrected chi connectivity index (χ0v) is 10.8. The maximum atomic E-state index is 10.4. The van der Waals surface area contributed by atoms with Crippen LogP contribution in [-0.4, -0.2) is 27.8 Å². The van der Waals surface area contributed by atoms with E-state index in [2.05, 4.69) is 27.6 Å². The van der Waals surface area contributed by atoms with Crippen LogP contribution in [0.15, 0.2) is 30.5 Å². The minimum Gasteiger partial charge on any atom is -0.481 e. The average Bonchev–Trinajstić information content (AvgIpc) is 2.84. The van der Waals surface area contributed by atoms with Gasteiger partial charge in [-0.25, -0.2) is 0 Å². The lowest BCUT2D eigenvalue weighted by molar-refractivity contribution is -0.136. The van der Waals surface area contributed by atoms with Crippen molar-refractivity contribution in [2.45, 2.75) is 19.9 Å². The molecule has 19 heavy (non-hydrogen) atoms. The van der Waals surface area contributed by atoms with Crippen molar-refractivity contribution in [1.82, 2.24) is 15.5 Å². The number of H-pyrrole nitrogens is 1. The van der Waals surface area contributed by atoms with Gasteiger partial charge in [0, 0.05) is 18.7 Å². The quantitative estimate of drug-likeness (QED) is 0.693. The van der Waals surface area contributed by atoms with Gasteiger partial charge in [0.1, 0.15) is 0 Å². The Morgan fingerprint density at radius 1 is 1.37 bits per heavy atom. The summed E-state index contributed by atoms with van der Waals surface area (Å²) >= 11 is 0. The van der Waals surface area contributed by atoms with Gasteiger partial charge in [-0.2, -0.15) is 5.10 Å². The van der Waals surface area contributed by atoms with Gasteiger partial charge in [-0.1, -0.05) is 29.8 Å². The number of nitrogens with zero attached hydrogens (tertiary/aromatic N) is 1. The predicted molar refractivity (Wildman–Crippen MR) is 72.7 cm³/mol. The molecule has 0 aliphatic carbocycles. The molecule has 0 aliphatic rings. The molecular formula is C14H17N3O2. The highest BCUT2D eigenvalue weighted by Crippen LogP contribution is 2.21. The lowest BCUT2D eigenvalue weighted by atomic mass is 10.1. The maximum Gasteiger partial charge on any atom is 0.304 e. The number of hydrogen-bond acceptors (Lipinski definition) is 3. The predicted octanol–water partition coefficient (Wildman–Crippen LogP) is 1.95.